The molecule has 2 atom stereocenters. The molecule has 0 saturated heterocycles. The Bertz CT molecular complexity index is 984. The molecule has 0 radical (unpaired) electrons. The Balaban J connectivity index is 0.00000684. The first kappa shape index (κ1) is 33.3. The fourth-order valence-corrected chi connectivity index (χ4v) is 5.12. The van der Waals surface area contributed by atoms with Gasteiger partial charge in [-0.15, -0.1) is 0 Å². The van der Waals surface area contributed by atoms with Crippen LogP contribution in [0.2, 0.25) is 0 Å². The number of thioether (sulfide) groups is 1. The number of rotatable bonds is 16. The molecule has 2 aromatic carbocycles. The third kappa shape index (κ3) is 9.83. The van der Waals surface area contributed by atoms with Gasteiger partial charge < -0.3 is 11.8 Å². The number of carbonyl (C=O) groups is 2. The Hall–Kier alpha value is -1.71. The van der Waals surface area contributed by atoms with E-state index in [0.29, 0.717) is 17.7 Å². The summed E-state index contributed by atoms with van der Waals surface area (Å²) in [4.78, 5) is 27.8. The molecule has 2 N–H and O–H groups in total. The zero-order valence-electron chi connectivity index (χ0n) is 24.7. The Kier molecular flexibility index (Phi) is 16.0. The smallest absolute Gasteiger partial charge is 1.00 e. The number of nitrogens with one attached hydrogen (secondary N) is 1. The average Bonchev–Trinajstić information content (AvgIpc) is 2.88. The number of carboxylic acids is 1. The molecule has 0 bridgehead atoms. The first-order valence-electron chi connectivity index (χ1n) is 13.3. The molecule has 0 aliphatic rings. The van der Waals surface area contributed by atoms with Gasteiger partial charge in [0.1, 0.15) is 6.04 Å². The van der Waals surface area contributed by atoms with E-state index in [1.807, 2.05) is 43.5 Å². The Labute approximate surface area is 241 Å². The van der Waals surface area contributed by atoms with Crippen molar-refractivity contribution in [1.29, 1.82) is 0 Å². The van der Waals surface area contributed by atoms with Gasteiger partial charge in [-0.1, -0.05) is 63.9 Å². The maximum atomic E-state index is 13.4. The standard InChI is InChI=1S/C30H44N2O3S.Li.H/c1-6-9-18-32(19-10-7-2)28(8-3)23-15-16-25(26(21-23)24-14-12-11-13-22(24)4)29(33)31-27(30(34)35)17-20-36-5;;/h11-16,21,27-28H,6-10,17-20H2,1-5H3,(H,31,33)(H,34,35);;/q;+1;-1. The second-order valence-electron chi connectivity index (χ2n) is 9.43. The molecular formula is C30H45LiN2O3S. The van der Waals surface area contributed by atoms with E-state index in [0.717, 1.165) is 61.9 Å². The summed E-state index contributed by atoms with van der Waals surface area (Å²) in [5.41, 5.74) is 4.68. The molecule has 0 aliphatic carbocycles. The van der Waals surface area contributed by atoms with Crippen molar-refractivity contribution in [2.24, 2.45) is 0 Å². The Morgan fingerprint density at radius 1 is 1.03 bits per heavy atom. The van der Waals surface area contributed by atoms with Crippen LogP contribution in [-0.4, -0.2) is 53.0 Å². The first-order chi connectivity index (χ1) is 17.4. The van der Waals surface area contributed by atoms with Gasteiger partial charge in [0.25, 0.3) is 5.91 Å². The normalized spacial score (nSPS) is 12.6. The van der Waals surface area contributed by atoms with E-state index >= 15 is 0 Å². The van der Waals surface area contributed by atoms with Gasteiger partial charge >= 0.3 is 24.8 Å². The summed E-state index contributed by atoms with van der Waals surface area (Å²) >= 11 is 1.57. The van der Waals surface area contributed by atoms with Crippen molar-refractivity contribution >= 4 is 23.6 Å². The van der Waals surface area contributed by atoms with Crippen molar-refractivity contribution in [1.82, 2.24) is 10.2 Å². The topological polar surface area (TPSA) is 69.6 Å². The van der Waals surface area contributed by atoms with E-state index in [2.05, 4.69) is 43.1 Å². The van der Waals surface area contributed by atoms with Crippen LogP contribution in [0.3, 0.4) is 0 Å². The number of aryl methyl sites for hydroxylation is 1. The monoisotopic (exact) mass is 520 g/mol. The Morgan fingerprint density at radius 2 is 1.68 bits per heavy atom. The summed E-state index contributed by atoms with van der Waals surface area (Å²) in [6, 6.07) is 13.6. The van der Waals surface area contributed by atoms with E-state index in [9.17, 15) is 14.7 Å². The molecule has 200 valence electrons. The van der Waals surface area contributed by atoms with Gasteiger partial charge in [-0.3, -0.25) is 9.69 Å². The molecule has 2 rings (SSSR count). The number of carbonyl (C=O) groups excluding carboxylic acids is 1. The van der Waals surface area contributed by atoms with E-state index in [1.165, 1.54) is 5.56 Å². The van der Waals surface area contributed by atoms with E-state index in [-0.39, 0.29) is 32.2 Å². The summed E-state index contributed by atoms with van der Waals surface area (Å²) in [6.45, 7) is 10.9. The van der Waals surface area contributed by atoms with Gasteiger partial charge in [-0.25, -0.2) is 4.79 Å². The van der Waals surface area contributed by atoms with E-state index in [1.54, 1.807) is 11.8 Å². The third-order valence-electron chi connectivity index (χ3n) is 6.75. The number of hydrogen-bond acceptors (Lipinski definition) is 4. The van der Waals surface area contributed by atoms with Crippen molar-refractivity contribution in [3.63, 3.8) is 0 Å². The second kappa shape index (κ2) is 17.7. The summed E-state index contributed by atoms with van der Waals surface area (Å²) < 4.78 is 0. The molecule has 1 amide bonds. The van der Waals surface area contributed by atoms with Crippen molar-refractivity contribution in [2.45, 2.75) is 78.3 Å². The SMILES string of the molecule is CCCCN(CCCC)C(CC)c1ccc(C(=O)NC(CCSC)C(=O)O)c(-c2ccccc2C)c1.[H-].[Li+]. The van der Waals surface area contributed by atoms with Crippen LogP contribution in [0.15, 0.2) is 42.5 Å². The number of carboxylic acid groups (broad SMARTS) is 1. The number of unbranched alkanes of at least 4 members (excludes halogenated alkanes) is 2. The molecule has 0 spiro atoms. The largest absolute Gasteiger partial charge is 1.00 e. The first-order valence-corrected chi connectivity index (χ1v) is 14.7. The molecular weight excluding hydrogens is 475 g/mol. The minimum Gasteiger partial charge on any atom is -1.00 e. The third-order valence-corrected chi connectivity index (χ3v) is 7.39. The average molecular weight is 521 g/mol. The van der Waals surface area contributed by atoms with Crippen LogP contribution in [0.5, 0.6) is 0 Å². The second-order valence-corrected chi connectivity index (χ2v) is 10.4. The number of nitrogens with zero attached hydrogens (tertiary/aromatic N) is 1. The number of benzene rings is 2. The van der Waals surface area contributed by atoms with Crippen LogP contribution in [0, 0.1) is 6.92 Å². The predicted molar refractivity (Wildman–Crippen MR) is 154 cm³/mol. The minimum atomic E-state index is -1.00. The quantitative estimate of drug-likeness (QED) is 0.327. The van der Waals surface area contributed by atoms with Gasteiger partial charge in [0.15, 0.2) is 0 Å². The molecule has 0 fully saturated rings. The molecule has 37 heavy (non-hydrogen) atoms. The summed E-state index contributed by atoms with van der Waals surface area (Å²) in [5, 5.41) is 12.4. The van der Waals surface area contributed by atoms with Crippen LogP contribution in [-0.2, 0) is 4.79 Å². The van der Waals surface area contributed by atoms with Crippen LogP contribution in [0.25, 0.3) is 11.1 Å². The molecule has 0 heterocycles. The van der Waals surface area contributed by atoms with E-state index in [4.69, 9.17) is 0 Å². The summed E-state index contributed by atoms with van der Waals surface area (Å²) in [5.74, 6) is -0.667. The van der Waals surface area contributed by atoms with Crippen molar-refractivity contribution in [3.8, 4) is 11.1 Å². The predicted octanol–water partition coefficient (Wildman–Crippen LogP) is 4.07. The maximum absolute atomic E-state index is 13.4. The van der Waals surface area contributed by atoms with E-state index < -0.39 is 12.0 Å². The molecule has 2 aromatic rings. The molecule has 7 heteroatoms. The van der Waals surface area contributed by atoms with Crippen LogP contribution < -0.4 is 24.2 Å². The zero-order valence-corrected chi connectivity index (χ0v) is 24.5. The van der Waals surface area contributed by atoms with Gasteiger partial charge in [0.05, 0.1) is 0 Å². The number of aliphatic carboxylic acids is 1. The number of hydrogen-bond donors (Lipinski definition) is 2. The van der Waals surface area contributed by atoms with Crippen molar-refractivity contribution in [3.05, 3.63) is 59.2 Å². The van der Waals surface area contributed by atoms with Gasteiger partial charge in [-0.05, 0) is 92.1 Å². The molecule has 0 aliphatic heterocycles. The van der Waals surface area contributed by atoms with Gasteiger partial charge in [0.2, 0.25) is 0 Å². The maximum Gasteiger partial charge on any atom is 1.00 e. The Morgan fingerprint density at radius 3 is 2.22 bits per heavy atom. The van der Waals surface area contributed by atoms with Gasteiger partial charge in [-0.2, -0.15) is 11.8 Å². The summed E-state index contributed by atoms with van der Waals surface area (Å²) in [6.07, 6.45) is 7.96. The zero-order chi connectivity index (χ0) is 26.5. The van der Waals surface area contributed by atoms with Crippen molar-refractivity contribution < 1.29 is 35.0 Å². The number of amides is 1. The van der Waals surface area contributed by atoms with Crippen molar-refractivity contribution in [2.75, 3.05) is 25.1 Å². The molecule has 0 aromatic heterocycles. The van der Waals surface area contributed by atoms with Crippen LogP contribution >= 0.6 is 11.8 Å². The molecule has 0 saturated carbocycles. The molecule has 2 unspecified atom stereocenters. The minimum absolute atomic E-state index is 0. The molecule has 5 nitrogen and oxygen atoms in total. The van der Waals surface area contributed by atoms with Crippen LogP contribution in [0.4, 0.5) is 0 Å². The fraction of sp³-hybridized carbons (Fsp3) is 0.533. The van der Waals surface area contributed by atoms with Gasteiger partial charge in [0, 0.05) is 11.6 Å². The summed E-state index contributed by atoms with van der Waals surface area (Å²) in [7, 11) is 0. The van der Waals surface area contributed by atoms with Crippen LogP contribution in [0.1, 0.15) is 88.2 Å². The fourth-order valence-electron chi connectivity index (χ4n) is 4.64.